The lowest BCUT2D eigenvalue weighted by atomic mass is 10.1. The van der Waals surface area contributed by atoms with E-state index in [0.29, 0.717) is 37.3 Å². The van der Waals surface area contributed by atoms with Crippen molar-refractivity contribution in [1.29, 1.82) is 0 Å². The Morgan fingerprint density at radius 1 is 1.03 bits per heavy atom. The highest BCUT2D eigenvalue weighted by atomic mass is 32.1. The molecule has 0 bridgehead atoms. The number of methoxy groups -OCH3 is 1. The molecule has 164 valence electrons. The molecule has 3 aromatic rings. The number of carbonyl (C=O) groups is 3. The third-order valence-corrected chi connectivity index (χ3v) is 7.24. The molecule has 5 rings (SSSR count). The highest BCUT2D eigenvalue weighted by molar-refractivity contribution is 7.22. The number of imide groups is 1. The van der Waals surface area contributed by atoms with Gasteiger partial charge in [-0.25, -0.2) is 4.98 Å². The second-order valence-electron chi connectivity index (χ2n) is 7.87. The molecule has 0 spiro atoms. The fourth-order valence-corrected chi connectivity index (χ4v) is 5.27. The van der Waals surface area contributed by atoms with E-state index in [-0.39, 0.29) is 12.5 Å². The number of thiazole rings is 1. The summed E-state index contributed by atoms with van der Waals surface area (Å²) in [5.74, 6) is -0.281. The highest BCUT2D eigenvalue weighted by Gasteiger charge is 2.37. The van der Waals surface area contributed by atoms with Crippen molar-refractivity contribution in [3.05, 3.63) is 53.1 Å². The number of hydrogen-bond acceptors (Lipinski definition) is 7. The molecule has 3 amide bonds. The first-order valence-corrected chi connectivity index (χ1v) is 11.2. The van der Waals surface area contributed by atoms with Gasteiger partial charge in [0, 0.05) is 26.2 Å². The molecule has 0 radical (unpaired) electrons. The quantitative estimate of drug-likeness (QED) is 0.568. The lowest BCUT2D eigenvalue weighted by Gasteiger charge is -2.35. The highest BCUT2D eigenvalue weighted by Crippen LogP contribution is 2.36. The number of benzene rings is 2. The Morgan fingerprint density at radius 2 is 1.69 bits per heavy atom. The SMILES string of the molecule is COc1ccc(C)c2sc(N3CCN(C(=O)CN4C(=O)c5ccccc5C4=O)CC3)nc12. The van der Waals surface area contributed by atoms with Gasteiger partial charge >= 0.3 is 0 Å². The molecule has 0 unspecified atom stereocenters. The van der Waals surface area contributed by atoms with Crippen LogP contribution in [-0.4, -0.2) is 72.3 Å². The fraction of sp³-hybridized carbons (Fsp3) is 0.304. The van der Waals surface area contributed by atoms with Crippen molar-refractivity contribution in [3.8, 4) is 5.75 Å². The molecule has 1 saturated heterocycles. The second kappa shape index (κ2) is 7.90. The van der Waals surface area contributed by atoms with Crippen LogP contribution >= 0.6 is 11.3 Å². The van der Waals surface area contributed by atoms with Gasteiger partial charge in [-0.05, 0) is 30.7 Å². The number of amides is 3. The van der Waals surface area contributed by atoms with E-state index in [4.69, 9.17) is 9.72 Å². The van der Waals surface area contributed by atoms with Crippen LogP contribution in [0.15, 0.2) is 36.4 Å². The third-order valence-electron chi connectivity index (χ3n) is 5.99. The topological polar surface area (TPSA) is 83.0 Å². The summed E-state index contributed by atoms with van der Waals surface area (Å²) >= 11 is 1.62. The molecule has 0 N–H and O–H groups in total. The van der Waals surface area contributed by atoms with Crippen LogP contribution in [0.3, 0.4) is 0 Å². The molecule has 0 atom stereocenters. The molecule has 2 aliphatic rings. The van der Waals surface area contributed by atoms with E-state index in [1.165, 1.54) is 0 Å². The molecular formula is C23H22N4O4S. The molecule has 0 aliphatic carbocycles. The predicted molar refractivity (Wildman–Crippen MR) is 122 cm³/mol. The molecule has 1 aromatic heterocycles. The van der Waals surface area contributed by atoms with Gasteiger partial charge in [-0.2, -0.15) is 0 Å². The van der Waals surface area contributed by atoms with E-state index < -0.39 is 11.8 Å². The molecule has 2 aliphatic heterocycles. The van der Waals surface area contributed by atoms with E-state index in [1.54, 1.807) is 47.6 Å². The van der Waals surface area contributed by atoms with Gasteiger partial charge in [0.2, 0.25) is 5.91 Å². The van der Waals surface area contributed by atoms with E-state index in [2.05, 4.69) is 11.8 Å². The van der Waals surface area contributed by atoms with Gasteiger partial charge in [0.25, 0.3) is 11.8 Å². The van der Waals surface area contributed by atoms with Gasteiger partial charge < -0.3 is 14.5 Å². The minimum Gasteiger partial charge on any atom is -0.494 e. The van der Waals surface area contributed by atoms with Gasteiger partial charge in [-0.3, -0.25) is 19.3 Å². The van der Waals surface area contributed by atoms with Crippen LogP contribution in [-0.2, 0) is 4.79 Å². The second-order valence-corrected chi connectivity index (χ2v) is 8.85. The number of piperazine rings is 1. The van der Waals surface area contributed by atoms with E-state index in [0.717, 1.165) is 31.6 Å². The van der Waals surface area contributed by atoms with Crippen molar-refractivity contribution in [2.45, 2.75) is 6.92 Å². The predicted octanol–water partition coefficient (Wildman–Crippen LogP) is 2.56. The smallest absolute Gasteiger partial charge is 0.262 e. The molecule has 3 heterocycles. The number of carbonyl (C=O) groups excluding carboxylic acids is 3. The van der Waals surface area contributed by atoms with Crippen molar-refractivity contribution < 1.29 is 19.1 Å². The zero-order chi connectivity index (χ0) is 22.4. The minimum absolute atomic E-state index is 0.221. The van der Waals surface area contributed by atoms with Crippen molar-refractivity contribution in [1.82, 2.24) is 14.8 Å². The first kappa shape index (κ1) is 20.4. The summed E-state index contributed by atoms with van der Waals surface area (Å²) in [6.45, 7) is 4.11. The van der Waals surface area contributed by atoms with E-state index in [9.17, 15) is 14.4 Å². The summed E-state index contributed by atoms with van der Waals surface area (Å²) < 4.78 is 6.55. The van der Waals surface area contributed by atoms with Crippen LogP contribution in [0.2, 0.25) is 0 Å². The maximum absolute atomic E-state index is 12.8. The van der Waals surface area contributed by atoms with Crippen molar-refractivity contribution in [2.75, 3.05) is 44.7 Å². The number of fused-ring (bicyclic) bond motifs is 2. The third kappa shape index (κ3) is 3.29. The Bertz CT molecular complexity index is 1210. The number of ether oxygens (including phenoxy) is 1. The Balaban J connectivity index is 1.25. The zero-order valence-corrected chi connectivity index (χ0v) is 18.6. The molecule has 0 saturated carbocycles. The number of hydrogen-bond donors (Lipinski definition) is 0. The standard InChI is InChI=1S/C23H22N4O4S/c1-14-7-8-17(31-2)19-20(14)32-23(24-19)26-11-9-25(10-12-26)18(28)13-27-21(29)15-5-3-4-6-16(15)22(27)30/h3-8H,9-13H2,1-2H3. The van der Waals surface area contributed by atoms with Crippen LogP contribution in [0.1, 0.15) is 26.3 Å². The summed E-state index contributed by atoms with van der Waals surface area (Å²) in [4.78, 5) is 47.6. The van der Waals surface area contributed by atoms with Gasteiger partial charge in [0.1, 0.15) is 17.8 Å². The van der Waals surface area contributed by atoms with Crippen LogP contribution in [0.25, 0.3) is 10.2 Å². The molecular weight excluding hydrogens is 428 g/mol. The lowest BCUT2D eigenvalue weighted by molar-refractivity contribution is -0.131. The Kier molecular flexibility index (Phi) is 5.05. The zero-order valence-electron chi connectivity index (χ0n) is 17.8. The lowest BCUT2D eigenvalue weighted by Crippen LogP contribution is -2.51. The maximum atomic E-state index is 12.8. The van der Waals surface area contributed by atoms with Gasteiger partial charge in [-0.1, -0.05) is 29.5 Å². The number of anilines is 1. The fourth-order valence-electron chi connectivity index (χ4n) is 4.16. The number of nitrogens with zero attached hydrogens (tertiary/aromatic N) is 4. The van der Waals surface area contributed by atoms with Crippen LogP contribution in [0.5, 0.6) is 5.75 Å². The Morgan fingerprint density at radius 3 is 2.31 bits per heavy atom. The Labute approximate surface area is 189 Å². The number of aryl methyl sites for hydroxylation is 1. The first-order chi connectivity index (χ1) is 15.5. The normalized spacial score (nSPS) is 16.1. The van der Waals surface area contributed by atoms with E-state index in [1.807, 2.05) is 12.1 Å². The minimum atomic E-state index is -0.406. The molecule has 9 heteroatoms. The summed E-state index contributed by atoms with van der Waals surface area (Å²) in [7, 11) is 1.64. The van der Waals surface area contributed by atoms with Crippen LogP contribution in [0, 0.1) is 6.92 Å². The maximum Gasteiger partial charge on any atom is 0.262 e. The van der Waals surface area contributed by atoms with Crippen molar-refractivity contribution in [3.63, 3.8) is 0 Å². The largest absolute Gasteiger partial charge is 0.494 e. The molecule has 32 heavy (non-hydrogen) atoms. The van der Waals surface area contributed by atoms with Crippen molar-refractivity contribution >= 4 is 44.4 Å². The van der Waals surface area contributed by atoms with Gasteiger partial charge in [0.05, 0.1) is 22.9 Å². The molecule has 1 fully saturated rings. The van der Waals surface area contributed by atoms with Crippen LogP contribution < -0.4 is 9.64 Å². The van der Waals surface area contributed by atoms with E-state index >= 15 is 0 Å². The summed E-state index contributed by atoms with van der Waals surface area (Å²) in [5.41, 5.74) is 2.73. The number of rotatable bonds is 4. The average molecular weight is 451 g/mol. The monoisotopic (exact) mass is 450 g/mol. The first-order valence-electron chi connectivity index (χ1n) is 10.4. The molecule has 8 nitrogen and oxygen atoms in total. The van der Waals surface area contributed by atoms with Crippen LogP contribution in [0.4, 0.5) is 5.13 Å². The van der Waals surface area contributed by atoms with Gasteiger partial charge in [-0.15, -0.1) is 0 Å². The number of aromatic nitrogens is 1. The molecule has 2 aromatic carbocycles. The Hall–Kier alpha value is -3.46. The average Bonchev–Trinajstić information content (AvgIpc) is 3.37. The summed E-state index contributed by atoms with van der Waals surface area (Å²) in [6, 6.07) is 10.6. The van der Waals surface area contributed by atoms with Gasteiger partial charge in [0.15, 0.2) is 5.13 Å². The van der Waals surface area contributed by atoms with Crippen molar-refractivity contribution in [2.24, 2.45) is 0 Å². The summed E-state index contributed by atoms with van der Waals surface area (Å²) in [5, 5.41) is 0.903. The summed E-state index contributed by atoms with van der Waals surface area (Å²) in [6.07, 6.45) is 0.